The fraction of sp³-hybridized carbons (Fsp3) is 0.375. The average Bonchev–Trinajstić information content (AvgIpc) is 1.96. The van der Waals surface area contributed by atoms with E-state index in [-0.39, 0.29) is 5.56 Å². The Hall–Kier alpha value is -0.470. The van der Waals surface area contributed by atoms with Crippen LogP contribution >= 0.6 is 23.2 Å². The quantitative estimate of drug-likeness (QED) is 0.738. The van der Waals surface area contributed by atoms with E-state index >= 15 is 0 Å². The summed E-state index contributed by atoms with van der Waals surface area (Å²) in [7, 11) is 0. The minimum Gasteiger partial charge on any atom is -0.326 e. The highest BCUT2D eigenvalue weighted by molar-refractivity contribution is 6.31. The standard InChI is InChI=1S/C8H9Cl2NO/c1-5-6(2-3-9)7(10)4-8(12)11-5/h4H,2-3H2,1H3,(H,11,12). The van der Waals surface area contributed by atoms with E-state index in [0.29, 0.717) is 17.3 Å². The van der Waals surface area contributed by atoms with Crippen molar-refractivity contribution in [3.8, 4) is 0 Å². The molecular weight excluding hydrogens is 197 g/mol. The highest BCUT2D eigenvalue weighted by Crippen LogP contribution is 2.16. The predicted molar refractivity (Wildman–Crippen MR) is 51.2 cm³/mol. The maximum absolute atomic E-state index is 10.9. The molecule has 4 heteroatoms. The zero-order chi connectivity index (χ0) is 9.14. The molecule has 0 aliphatic rings. The van der Waals surface area contributed by atoms with E-state index in [1.54, 1.807) is 0 Å². The van der Waals surface area contributed by atoms with Crippen molar-refractivity contribution >= 4 is 23.2 Å². The predicted octanol–water partition coefficient (Wildman–Crippen LogP) is 2.12. The van der Waals surface area contributed by atoms with Crippen molar-refractivity contribution in [2.24, 2.45) is 0 Å². The second-order valence-electron chi connectivity index (χ2n) is 2.52. The number of aromatic nitrogens is 1. The van der Waals surface area contributed by atoms with Crippen LogP contribution in [0.5, 0.6) is 0 Å². The van der Waals surface area contributed by atoms with E-state index in [1.807, 2.05) is 6.92 Å². The number of aromatic amines is 1. The molecule has 1 N–H and O–H groups in total. The highest BCUT2D eigenvalue weighted by Gasteiger charge is 2.04. The number of rotatable bonds is 2. The number of H-pyrrole nitrogens is 1. The molecule has 0 aliphatic carbocycles. The first-order valence-electron chi connectivity index (χ1n) is 3.59. The molecule has 66 valence electrons. The zero-order valence-electron chi connectivity index (χ0n) is 6.66. The van der Waals surface area contributed by atoms with Gasteiger partial charge in [0.05, 0.1) is 5.02 Å². The Morgan fingerprint density at radius 3 is 2.75 bits per heavy atom. The molecule has 0 amide bonds. The smallest absolute Gasteiger partial charge is 0.249 e. The van der Waals surface area contributed by atoms with Gasteiger partial charge in [0.1, 0.15) is 0 Å². The van der Waals surface area contributed by atoms with Gasteiger partial charge in [-0.2, -0.15) is 0 Å². The highest BCUT2D eigenvalue weighted by atomic mass is 35.5. The van der Waals surface area contributed by atoms with Crippen molar-refractivity contribution in [1.29, 1.82) is 0 Å². The van der Waals surface area contributed by atoms with Gasteiger partial charge in [0, 0.05) is 17.6 Å². The Morgan fingerprint density at radius 1 is 1.58 bits per heavy atom. The summed E-state index contributed by atoms with van der Waals surface area (Å²) in [6.45, 7) is 1.81. The normalized spacial score (nSPS) is 10.2. The van der Waals surface area contributed by atoms with E-state index in [0.717, 1.165) is 11.3 Å². The van der Waals surface area contributed by atoms with Gasteiger partial charge in [-0.05, 0) is 18.9 Å². The first kappa shape index (κ1) is 9.62. The molecule has 1 heterocycles. The molecule has 1 aromatic rings. The summed E-state index contributed by atoms with van der Waals surface area (Å²) in [6.07, 6.45) is 0.684. The molecule has 0 bridgehead atoms. The molecule has 1 rings (SSSR count). The van der Waals surface area contributed by atoms with E-state index in [2.05, 4.69) is 4.98 Å². The number of hydrogen-bond donors (Lipinski definition) is 1. The summed E-state index contributed by atoms with van der Waals surface area (Å²) in [5, 5.41) is 0.497. The lowest BCUT2D eigenvalue weighted by Gasteiger charge is -2.04. The molecular formula is C8H9Cl2NO. The summed E-state index contributed by atoms with van der Waals surface area (Å²) < 4.78 is 0. The molecule has 0 saturated carbocycles. The third-order valence-electron chi connectivity index (χ3n) is 1.65. The fourth-order valence-corrected chi connectivity index (χ4v) is 1.60. The monoisotopic (exact) mass is 205 g/mol. The van der Waals surface area contributed by atoms with Crippen LogP contribution in [0.15, 0.2) is 10.9 Å². The Morgan fingerprint density at radius 2 is 2.25 bits per heavy atom. The third-order valence-corrected chi connectivity index (χ3v) is 2.18. The molecule has 0 fully saturated rings. The number of nitrogens with one attached hydrogen (secondary N) is 1. The van der Waals surface area contributed by atoms with Gasteiger partial charge in [-0.1, -0.05) is 11.6 Å². The van der Waals surface area contributed by atoms with Crippen LogP contribution in [0.2, 0.25) is 5.02 Å². The Kier molecular flexibility index (Phi) is 3.18. The van der Waals surface area contributed by atoms with Crippen LogP contribution < -0.4 is 5.56 Å². The molecule has 1 aromatic heterocycles. The maximum Gasteiger partial charge on any atom is 0.249 e. The molecule has 0 radical (unpaired) electrons. The van der Waals surface area contributed by atoms with Crippen LogP contribution in [-0.4, -0.2) is 10.9 Å². The second-order valence-corrected chi connectivity index (χ2v) is 3.31. The minimum atomic E-state index is -0.171. The van der Waals surface area contributed by atoms with Crippen LogP contribution in [0, 0.1) is 6.92 Å². The van der Waals surface area contributed by atoms with Gasteiger partial charge in [-0.3, -0.25) is 4.79 Å². The van der Waals surface area contributed by atoms with Crippen molar-refractivity contribution in [3.05, 3.63) is 32.7 Å². The fourth-order valence-electron chi connectivity index (χ4n) is 1.08. The summed E-state index contributed by atoms with van der Waals surface area (Å²) in [4.78, 5) is 13.6. The Labute approximate surface area is 80.5 Å². The Balaban J connectivity index is 3.18. The van der Waals surface area contributed by atoms with E-state index in [1.165, 1.54) is 6.07 Å². The minimum absolute atomic E-state index is 0.171. The lowest BCUT2D eigenvalue weighted by atomic mass is 10.1. The lowest BCUT2D eigenvalue weighted by Crippen LogP contribution is -2.09. The first-order valence-corrected chi connectivity index (χ1v) is 4.50. The lowest BCUT2D eigenvalue weighted by molar-refractivity contribution is 1.03. The molecule has 0 spiro atoms. The number of hydrogen-bond acceptors (Lipinski definition) is 1. The third kappa shape index (κ3) is 2.02. The van der Waals surface area contributed by atoms with Crippen LogP contribution in [-0.2, 0) is 6.42 Å². The summed E-state index contributed by atoms with van der Waals surface area (Å²) in [5.41, 5.74) is 1.55. The topological polar surface area (TPSA) is 32.9 Å². The Bertz CT molecular complexity index is 306. The number of halogens is 2. The average molecular weight is 206 g/mol. The van der Waals surface area contributed by atoms with E-state index in [9.17, 15) is 4.79 Å². The molecule has 0 atom stereocenters. The molecule has 0 saturated heterocycles. The zero-order valence-corrected chi connectivity index (χ0v) is 8.17. The van der Waals surface area contributed by atoms with Crippen molar-refractivity contribution in [1.82, 2.24) is 4.98 Å². The van der Waals surface area contributed by atoms with Crippen LogP contribution in [0.25, 0.3) is 0 Å². The van der Waals surface area contributed by atoms with Crippen molar-refractivity contribution in [3.63, 3.8) is 0 Å². The van der Waals surface area contributed by atoms with Crippen molar-refractivity contribution < 1.29 is 0 Å². The van der Waals surface area contributed by atoms with Crippen molar-refractivity contribution in [2.45, 2.75) is 13.3 Å². The molecule has 12 heavy (non-hydrogen) atoms. The largest absolute Gasteiger partial charge is 0.326 e. The SMILES string of the molecule is Cc1[nH]c(=O)cc(Cl)c1CCCl. The van der Waals surface area contributed by atoms with Gasteiger partial charge >= 0.3 is 0 Å². The number of alkyl halides is 1. The van der Waals surface area contributed by atoms with Gasteiger partial charge in [0.2, 0.25) is 5.56 Å². The van der Waals surface area contributed by atoms with Crippen LogP contribution in [0.3, 0.4) is 0 Å². The molecule has 2 nitrogen and oxygen atoms in total. The second kappa shape index (κ2) is 3.97. The first-order chi connectivity index (χ1) is 5.65. The van der Waals surface area contributed by atoms with Gasteiger partial charge in [0.15, 0.2) is 0 Å². The van der Waals surface area contributed by atoms with Crippen LogP contribution in [0.4, 0.5) is 0 Å². The molecule has 0 aromatic carbocycles. The maximum atomic E-state index is 10.9. The number of pyridine rings is 1. The summed E-state index contributed by atoms with van der Waals surface area (Å²) in [5.74, 6) is 0.507. The summed E-state index contributed by atoms with van der Waals surface area (Å²) in [6, 6.07) is 1.37. The summed E-state index contributed by atoms with van der Waals surface area (Å²) >= 11 is 11.4. The van der Waals surface area contributed by atoms with Crippen LogP contribution in [0.1, 0.15) is 11.3 Å². The van der Waals surface area contributed by atoms with Gasteiger partial charge < -0.3 is 4.98 Å². The molecule has 0 unspecified atom stereocenters. The van der Waals surface area contributed by atoms with Crippen molar-refractivity contribution in [2.75, 3.05) is 5.88 Å². The molecule has 0 aliphatic heterocycles. The van der Waals surface area contributed by atoms with E-state index < -0.39 is 0 Å². The number of aryl methyl sites for hydroxylation is 1. The van der Waals surface area contributed by atoms with Gasteiger partial charge in [0.25, 0.3) is 0 Å². The van der Waals surface area contributed by atoms with Gasteiger partial charge in [-0.15, -0.1) is 11.6 Å². The van der Waals surface area contributed by atoms with Gasteiger partial charge in [-0.25, -0.2) is 0 Å². The van der Waals surface area contributed by atoms with E-state index in [4.69, 9.17) is 23.2 Å².